The quantitative estimate of drug-likeness (QED) is 0.698. The lowest BCUT2D eigenvalue weighted by Gasteiger charge is -2.03. The number of aromatic nitrogens is 2. The minimum absolute atomic E-state index is 0.265. The van der Waals surface area contributed by atoms with Crippen molar-refractivity contribution in [1.29, 1.82) is 0 Å². The second kappa shape index (κ2) is 4.07. The predicted octanol–water partition coefficient (Wildman–Crippen LogP) is 1.53. The van der Waals surface area contributed by atoms with Crippen molar-refractivity contribution in [3.05, 3.63) is 11.7 Å². The lowest BCUT2D eigenvalue weighted by atomic mass is 10.2. The second-order valence-corrected chi connectivity index (χ2v) is 3.34. The number of hydrogen-bond acceptors (Lipinski definition) is 4. The topological polar surface area (TPSA) is 48.2 Å². The van der Waals surface area contributed by atoms with Crippen molar-refractivity contribution in [3.63, 3.8) is 0 Å². The van der Waals surface area contributed by atoms with Gasteiger partial charge in [-0.15, -0.1) is 11.6 Å². The van der Waals surface area contributed by atoms with Crippen molar-refractivity contribution in [2.75, 3.05) is 6.61 Å². The zero-order valence-corrected chi connectivity index (χ0v) is 7.96. The van der Waals surface area contributed by atoms with Crippen molar-refractivity contribution < 1.29 is 9.26 Å². The molecule has 5 heteroatoms. The lowest BCUT2D eigenvalue weighted by Crippen LogP contribution is -2.09. The molecule has 0 spiro atoms. The van der Waals surface area contributed by atoms with E-state index in [9.17, 15) is 0 Å². The molecule has 1 aromatic heterocycles. The van der Waals surface area contributed by atoms with E-state index in [2.05, 4.69) is 10.1 Å². The molecule has 1 unspecified atom stereocenters. The lowest BCUT2D eigenvalue weighted by molar-refractivity contribution is 0.109. The molecule has 0 saturated carbocycles. The minimum atomic E-state index is 0.265. The van der Waals surface area contributed by atoms with Crippen molar-refractivity contribution >= 4 is 11.6 Å². The Morgan fingerprint density at radius 2 is 2.46 bits per heavy atom. The summed E-state index contributed by atoms with van der Waals surface area (Å²) in [5.74, 6) is 1.45. The van der Waals surface area contributed by atoms with Crippen molar-refractivity contribution in [2.45, 2.75) is 31.2 Å². The maximum atomic E-state index is 5.53. The highest BCUT2D eigenvalue weighted by atomic mass is 35.5. The molecule has 1 fully saturated rings. The summed E-state index contributed by atoms with van der Waals surface area (Å²) in [6.45, 7) is 0.852. The summed E-state index contributed by atoms with van der Waals surface area (Å²) < 4.78 is 10.3. The Labute approximate surface area is 81.2 Å². The Hall–Kier alpha value is -0.610. The first-order chi connectivity index (χ1) is 6.38. The van der Waals surface area contributed by atoms with Gasteiger partial charge < -0.3 is 9.26 Å². The van der Waals surface area contributed by atoms with Crippen LogP contribution in [-0.4, -0.2) is 22.9 Å². The van der Waals surface area contributed by atoms with E-state index in [0.717, 1.165) is 25.9 Å². The van der Waals surface area contributed by atoms with E-state index in [4.69, 9.17) is 20.9 Å². The molecule has 2 heterocycles. The van der Waals surface area contributed by atoms with E-state index in [-0.39, 0.29) is 12.0 Å². The Morgan fingerprint density at radius 3 is 3.08 bits per heavy atom. The number of rotatable bonds is 3. The van der Waals surface area contributed by atoms with Gasteiger partial charge in [0.1, 0.15) is 5.88 Å². The highest BCUT2D eigenvalue weighted by molar-refractivity contribution is 6.16. The van der Waals surface area contributed by atoms with Gasteiger partial charge in [0.05, 0.1) is 6.10 Å². The molecule has 0 amide bonds. The summed E-state index contributed by atoms with van der Waals surface area (Å²) in [5, 5.41) is 3.80. The molecular formula is C8H11ClN2O2. The van der Waals surface area contributed by atoms with Crippen molar-refractivity contribution in [1.82, 2.24) is 10.1 Å². The van der Waals surface area contributed by atoms with Crippen LogP contribution in [0.25, 0.3) is 0 Å². The summed E-state index contributed by atoms with van der Waals surface area (Å²) >= 11 is 5.53. The van der Waals surface area contributed by atoms with Gasteiger partial charge >= 0.3 is 0 Å². The van der Waals surface area contributed by atoms with Gasteiger partial charge in [-0.3, -0.25) is 0 Å². The highest BCUT2D eigenvalue weighted by Gasteiger charge is 2.18. The molecule has 0 aromatic carbocycles. The van der Waals surface area contributed by atoms with Gasteiger partial charge in [0, 0.05) is 13.0 Å². The average molecular weight is 203 g/mol. The van der Waals surface area contributed by atoms with Crippen LogP contribution in [-0.2, 0) is 17.0 Å². The molecule has 1 aromatic rings. The number of hydrogen-bond donors (Lipinski definition) is 0. The van der Waals surface area contributed by atoms with Crippen LogP contribution in [0.3, 0.4) is 0 Å². The third-order valence-corrected chi connectivity index (χ3v) is 2.29. The normalized spacial score (nSPS) is 22.4. The summed E-state index contributed by atoms with van der Waals surface area (Å²) in [5.41, 5.74) is 0. The first-order valence-electron chi connectivity index (χ1n) is 4.37. The standard InChI is InChI=1S/C8H11ClN2O2/c9-5-8-10-7(11-13-8)4-6-2-1-3-12-6/h6H,1-5H2. The molecule has 1 saturated heterocycles. The highest BCUT2D eigenvalue weighted by Crippen LogP contribution is 2.15. The second-order valence-electron chi connectivity index (χ2n) is 3.08. The summed E-state index contributed by atoms with van der Waals surface area (Å²) in [4.78, 5) is 4.10. The fourth-order valence-corrected chi connectivity index (χ4v) is 1.54. The number of halogens is 1. The molecule has 72 valence electrons. The van der Waals surface area contributed by atoms with Crippen molar-refractivity contribution in [2.24, 2.45) is 0 Å². The Kier molecular flexibility index (Phi) is 2.80. The van der Waals surface area contributed by atoms with Gasteiger partial charge in [-0.2, -0.15) is 4.98 Å². The molecule has 1 atom stereocenters. The summed E-state index contributed by atoms with van der Waals surface area (Å²) in [6.07, 6.45) is 3.22. The van der Waals surface area contributed by atoms with E-state index in [1.807, 2.05) is 0 Å². The van der Waals surface area contributed by atoms with Crippen LogP contribution in [0.15, 0.2) is 4.52 Å². The van der Waals surface area contributed by atoms with Crippen LogP contribution >= 0.6 is 11.6 Å². The number of nitrogens with zero attached hydrogens (tertiary/aromatic N) is 2. The Balaban J connectivity index is 1.92. The van der Waals surface area contributed by atoms with Crippen molar-refractivity contribution in [3.8, 4) is 0 Å². The fourth-order valence-electron chi connectivity index (χ4n) is 1.44. The SMILES string of the molecule is ClCc1nc(CC2CCCO2)no1. The van der Waals surface area contributed by atoms with E-state index >= 15 is 0 Å². The van der Waals surface area contributed by atoms with Crippen LogP contribution in [0.5, 0.6) is 0 Å². The Morgan fingerprint density at radius 1 is 1.54 bits per heavy atom. The molecule has 1 aliphatic heterocycles. The van der Waals surface area contributed by atoms with Crippen LogP contribution < -0.4 is 0 Å². The molecule has 0 bridgehead atoms. The summed E-state index contributed by atoms with van der Waals surface area (Å²) in [7, 11) is 0. The summed E-state index contributed by atoms with van der Waals surface area (Å²) in [6, 6.07) is 0. The van der Waals surface area contributed by atoms with E-state index in [1.165, 1.54) is 0 Å². The number of ether oxygens (including phenoxy) is 1. The average Bonchev–Trinajstić information content (AvgIpc) is 2.76. The third-order valence-electron chi connectivity index (χ3n) is 2.06. The predicted molar refractivity (Wildman–Crippen MR) is 46.5 cm³/mol. The van der Waals surface area contributed by atoms with Crippen LogP contribution in [0.1, 0.15) is 24.6 Å². The molecule has 0 radical (unpaired) electrons. The molecule has 1 aliphatic rings. The first kappa shape index (κ1) is 8.97. The van der Waals surface area contributed by atoms with E-state index in [1.54, 1.807) is 0 Å². The molecule has 0 aliphatic carbocycles. The molecule has 13 heavy (non-hydrogen) atoms. The van der Waals surface area contributed by atoms with Crippen LogP contribution in [0.2, 0.25) is 0 Å². The van der Waals surface area contributed by atoms with Gasteiger partial charge in [-0.25, -0.2) is 0 Å². The fraction of sp³-hybridized carbons (Fsp3) is 0.750. The monoisotopic (exact) mass is 202 g/mol. The minimum Gasteiger partial charge on any atom is -0.378 e. The van der Waals surface area contributed by atoms with Gasteiger partial charge in [0.25, 0.3) is 0 Å². The number of alkyl halides is 1. The van der Waals surface area contributed by atoms with Gasteiger partial charge in [-0.1, -0.05) is 5.16 Å². The first-order valence-corrected chi connectivity index (χ1v) is 4.91. The van der Waals surface area contributed by atoms with E-state index in [0.29, 0.717) is 11.7 Å². The Bertz CT molecular complexity index is 271. The van der Waals surface area contributed by atoms with Gasteiger partial charge in [0.2, 0.25) is 5.89 Å². The molecule has 4 nitrogen and oxygen atoms in total. The van der Waals surface area contributed by atoms with Gasteiger partial charge in [0.15, 0.2) is 5.82 Å². The smallest absolute Gasteiger partial charge is 0.241 e. The van der Waals surface area contributed by atoms with E-state index < -0.39 is 0 Å². The largest absolute Gasteiger partial charge is 0.378 e. The van der Waals surface area contributed by atoms with Crippen LogP contribution in [0, 0.1) is 0 Å². The maximum absolute atomic E-state index is 5.53. The van der Waals surface area contributed by atoms with Crippen LogP contribution in [0.4, 0.5) is 0 Å². The van der Waals surface area contributed by atoms with Gasteiger partial charge in [-0.05, 0) is 12.8 Å². The molecular weight excluding hydrogens is 192 g/mol. The zero-order valence-electron chi connectivity index (χ0n) is 7.20. The third kappa shape index (κ3) is 2.19. The molecule has 0 N–H and O–H groups in total. The molecule has 2 rings (SSSR count). The maximum Gasteiger partial charge on any atom is 0.241 e. The zero-order chi connectivity index (χ0) is 9.10.